The number of anilines is 1. The van der Waals surface area contributed by atoms with Gasteiger partial charge in [-0.2, -0.15) is 13.2 Å². The van der Waals surface area contributed by atoms with Crippen molar-refractivity contribution in [2.45, 2.75) is 6.18 Å². The highest BCUT2D eigenvalue weighted by Gasteiger charge is 2.31. The number of carbonyl (C=O) groups is 1. The van der Waals surface area contributed by atoms with E-state index in [9.17, 15) is 18.0 Å². The quantitative estimate of drug-likeness (QED) is 0.758. The van der Waals surface area contributed by atoms with Crippen molar-refractivity contribution in [2.75, 3.05) is 24.7 Å². The Hall–Kier alpha value is -1.56. The van der Waals surface area contributed by atoms with Gasteiger partial charge in [0.1, 0.15) is 6.61 Å². The molecule has 1 amide bonds. The summed E-state index contributed by atoms with van der Waals surface area (Å²) in [6, 6.07) is 4.73. The molecule has 1 aliphatic heterocycles. The molecule has 1 aliphatic rings. The number of ether oxygens (including phenoxy) is 1. The third-order valence-corrected chi connectivity index (χ3v) is 2.47. The van der Waals surface area contributed by atoms with E-state index >= 15 is 0 Å². The van der Waals surface area contributed by atoms with E-state index in [-0.39, 0.29) is 24.7 Å². The number of hydrogen-bond acceptors (Lipinski definition) is 2. The number of nitrogens with zero attached hydrogens (tertiary/aromatic N) is 1. The van der Waals surface area contributed by atoms with Crippen LogP contribution in [0.4, 0.5) is 18.9 Å². The van der Waals surface area contributed by atoms with E-state index in [2.05, 4.69) is 0 Å². The van der Waals surface area contributed by atoms with Gasteiger partial charge in [-0.3, -0.25) is 4.79 Å². The molecule has 6 heteroatoms. The van der Waals surface area contributed by atoms with E-state index in [4.69, 9.17) is 4.74 Å². The van der Waals surface area contributed by atoms with E-state index in [1.54, 1.807) is 0 Å². The summed E-state index contributed by atoms with van der Waals surface area (Å²) in [6.45, 7) is 0.526. The Bertz CT molecular complexity index is 431. The minimum absolute atomic E-state index is 0.0871. The topological polar surface area (TPSA) is 29.5 Å². The molecule has 0 aromatic heterocycles. The van der Waals surface area contributed by atoms with Gasteiger partial charge in [0.2, 0.25) is 0 Å². The van der Waals surface area contributed by atoms with Crippen LogP contribution in [0.3, 0.4) is 0 Å². The summed E-state index contributed by atoms with van der Waals surface area (Å²) in [5.74, 6) is -0.324. The first kappa shape index (κ1) is 11.9. The van der Waals surface area contributed by atoms with Crippen molar-refractivity contribution in [3.63, 3.8) is 0 Å². The van der Waals surface area contributed by atoms with Gasteiger partial charge in [-0.15, -0.1) is 0 Å². The van der Waals surface area contributed by atoms with Crippen molar-refractivity contribution in [3.8, 4) is 0 Å². The molecule has 0 unspecified atom stereocenters. The van der Waals surface area contributed by atoms with Gasteiger partial charge < -0.3 is 9.64 Å². The molecule has 0 aliphatic carbocycles. The van der Waals surface area contributed by atoms with Crippen LogP contribution in [0.2, 0.25) is 0 Å². The van der Waals surface area contributed by atoms with E-state index in [1.165, 1.54) is 17.0 Å². The van der Waals surface area contributed by atoms with Gasteiger partial charge in [0.25, 0.3) is 5.91 Å². The molecule has 2 rings (SSSR count). The second kappa shape index (κ2) is 4.37. The fourth-order valence-electron chi connectivity index (χ4n) is 1.64. The van der Waals surface area contributed by atoms with Crippen LogP contribution in [-0.2, 0) is 15.7 Å². The highest BCUT2D eigenvalue weighted by Crippen LogP contribution is 2.31. The molecule has 1 heterocycles. The third-order valence-electron chi connectivity index (χ3n) is 2.47. The van der Waals surface area contributed by atoms with Crippen LogP contribution < -0.4 is 4.90 Å². The Morgan fingerprint density at radius 1 is 1.29 bits per heavy atom. The van der Waals surface area contributed by atoms with Crippen LogP contribution in [0.5, 0.6) is 0 Å². The highest BCUT2D eigenvalue weighted by molar-refractivity contribution is 5.94. The first-order chi connectivity index (χ1) is 7.98. The number of halogens is 3. The Kier molecular flexibility index (Phi) is 3.06. The first-order valence-electron chi connectivity index (χ1n) is 5.04. The summed E-state index contributed by atoms with van der Waals surface area (Å²) < 4.78 is 42.4. The molecule has 1 aromatic carbocycles. The molecule has 0 N–H and O–H groups in total. The van der Waals surface area contributed by atoms with Gasteiger partial charge in [-0.25, -0.2) is 0 Å². The van der Waals surface area contributed by atoms with Gasteiger partial charge >= 0.3 is 6.18 Å². The lowest BCUT2D eigenvalue weighted by atomic mass is 10.1. The van der Waals surface area contributed by atoms with Gasteiger partial charge in [-0.1, -0.05) is 6.07 Å². The molecule has 1 fully saturated rings. The Balaban J connectivity index is 2.29. The number of morpholine rings is 1. The molecule has 1 aromatic rings. The smallest absolute Gasteiger partial charge is 0.370 e. The van der Waals surface area contributed by atoms with Gasteiger partial charge in [0.15, 0.2) is 0 Å². The average molecular weight is 245 g/mol. The summed E-state index contributed by atoms with van der Waals surface area (Å²) in [6.07, 6.45) is -4.40. The van der Waals surface area contributed by atoms with E-state index in [1.807, 2.05) is 0 Å². The second-order valence-corrected chi connectivity index (χ2v) is 3.65. The van der Waals surface area contributed by atoms with Crippen molar-refractivity contribution in [1.82, 2.24) is 0 Å². The second-order valence-electron chi connectivity index (χ2n) is 3.65. The molecule has 0 bridgehead atoms. The van der Waals surface area contributed by atoms with Crippen LogP contribution in [0, 0.1) is 0 Å². The average Bonchev–Trinajstić information content (AvgIpc) is 2.29. The predicted octanol–water partition coefficient (Wildman–Crippen LogP) is 2.07. The monoisotopic (exact) mass is 245 g/mol. The molecule has 3 nitrogen and oxygen atoms in total. The SMILES string of the molecule is O=C1COCCN1c1cccc(C(F)(F)F)c1. The van der Waals surface area contributed by atoms with Crippen LogP contribution in [-0.4, -0.2) is 25.7 Å². The molecule has 17 heavy (non-hydrogen) atoms. The molecule has 1 saturated heterocycles. The van der Waals surface area contributed by atoms with Crippen molar-refractivity contribution in [1.29, 1.82) is 0 Å². The van der Waals surface area contributed by atoms with Gasteiger partial charge in [-0.05, 0) is 18.2 Å². The Labute approximate surface area is 95.8 Å². The molecular weight excluding hydrogens is 235 g/mol. The minimum atomic E-state index is -4.40. The Morgan fingerprint density at radius 3 is 2.71 bits per heavy atom. The summed E-state index contributed by atoms with van der Waals surface area (Å²) >= 11 is 0. The first-order valence-corrected chi connectivity index (χ1v) is 5.04. The lowest BCUT2D eigenvalue weighted by molar-refractivity contribution is -0.137. The number of benzene rings is 1. The molecule has 0 radical (unpaired) electrons. The van der Waals surface area contributed by atoms with Crippen molar-refractivity contribution >= 4 is 11.6 Å². The highest BCUT2D eigenvalue weighted by atomic mass is 19.4. The third kappa shape index (κ3) is 2.58. The standard InChI is InChI=1S/C11H10F3NO2/c12-11(13,14)8-2-1-3-9(6-8)15-4-5-17-7-10(15)16/h1-3,6H,4-5,7H2. The number of carbonyl (C=O) groups excluding carboxylic acids is 1. The summed E-state index contributed by atoms with van der Waals surface area (Å²) in [5, 5.41) is 0. The number of alkyl halides is 3. The molecule has 92 valence electrons. The minimum Gasteiger partial charge on any atom is -0.370 e. The van der Waals surface area contributed by atoms with E-state index < -0.39 is 11.7 Å². The summed E-state index contributed by atoms with van der Waals surface area (Å²) in [7, 11) is 0. The van der Waals surface area contributed by atoms with Crippen LogP contribution in [0.25, 0.3) is 0 Å². The zero-order chi connectivity index (χ0) is 12.5. The van der Waals surface area contributed by atoms with Gasteiger partial charge in [0.05, 0.1) is 12.2 Å². The molecule has 0 atom stereocenters. The van der Waals surface area contributed by atoms with Crippen LogP contribution in [0.1, 0.15) is 5.56 Å². The summed E-state index contributed by atoms with van der Waals surface area (Å²) in [5.41, 5.74) is -0.498. The fourth-order valence-corrected chi connectivity index (χ4v) is 1.64. The summed E-state index contributed by atoms with van der Waals surface area (Å²) in [4.78, 5) is 12.8. The number of rotatable bonds is 1. The van der Waals surface area contributed by atoms with Crippen LogP contribution in [0.15, 0.2) is 24.3 Å². The van der Waals surface area contributed by atoms with Crippen molar-refractivity contribution in [2.24, 2.45) is 0 Å². The zero-order valence-corrected chi connectivity index (χ0v) is 8.83. The molecule has 0 spiro atoms. The van der Waals surface area contributed by atoms with Crippen molar-refractivity contribution < 1.29 is 22.7 Å². The molecular formula is C11H10F3NO2. The maximum atomic E-state index is 12.5. The lowest BCUT2D eigenvalue weighted by Gasteiger charge is -2.27. The normalized spacial score (nSPS) is 17.4. The fraction of sp³-hybridized carbons (Fsp3) is 0.364. The Morgan fingerprint density at radius 2 is 2.06 bits per heavy atom. The van der Waals surface area contributed by atoms with Crippen LogP contribution >= 0.6 is 0 Å². The number of hydrogen-bond donors (Lipinski definition) is 0. The largest absolute Gasteiger partial charge is 0.416 e. The van der Waals surface area contributed by atoms with Crippen molar-refractivity contribution in [3.05, 3.63) is 29.8 Å². The maximum absolute atomic E-state index is 12.5. The lowest BCUT2D eigenvalue weighted by Crippen LogP contribution is -2.41. The molecule has 0 saturated carbocycles. The predicted molar refractivity (Wildman–Crippen MR) is 54.6 cm³/mol. The number of amides is 1. The maximum Gasteiger partial charge on any atom is 0.416 e. The zero-order valence-electron chi connectivity index (χ0n) is 8.83. The van der Waals surface area contributed by atoms with E-state index in [0.717, 1.165) is 12.1 Å². The van der Waals surface area contributed by atoms with E-state index in [0.29, 0.717) is 6.61 Å². The van der Waals surface area contributed by atoms with Gasteiger partial charge in [0, 0.05) is 12.2 Å².